The molecule has 0 heterocycles. The predicted molar refractivity (Wildman–Crippen MR) is 77.6 cm³/mol. The molecule has 2 aromatic carbocycles. The molecule has 110 valence electrons. The van der Waals surface area contributed by atoms with Gasteiger partial charge in [-0.05, 0) is 24.3 Å². The fourth-order valence-electron chi connectivity index (χ4n) is 1.48. The van der Waals surface area contributed by atoms with Crippen molar-refractivity contribution in [2.24, 2.45) is 0 Å². The van der Waals surface area contributed by atoms with Crippen molar-refractivity contribution >= 4 is 11.8 Å². The zero-order chi connectivity index (χ0) is 15.8. The maximum atomic E-state index is 12.0. The van der Waals surface area contributed by atoms with Crippen molar-refractivity contribution in [3.63, 3.8) is 0 Å². The van der Waals surface area contributed by atoms with E-state index in [1.165, 1.54) is 24.3 Å². The Bertz CT molecular complexity index is 587. The summed E-state index contributed by atoms with van der Waals surface area (Å²) in [4.78, 5) is 21.3. The minimum atomic E-state index is -0.745. The number of aromatic hydroxyl groups is 2. The Morgan fingerprint density at radius 3 is 1.48 bits per heavy atom. The lowest BCUT2D eigenvalue weighted by Gasteiger charge is -2.04. The molecule has 0 unspecified atom stereocenters. The third-order valence-corrected chi connectivity index (χ3v) is 2.60. The van der Waals surface area contributed by atoms with Gasteiger partial charge in [0, 0.05) is 6.42 Å². The normalized spacial score (nSPS) is 9.38. The van der Waals surface area contributed by atoms with Crippen molar-refractivity contribution in [3.05, 3.63) is 59.7 Å². The molecule has 0 saturated carbocycles. The summed E-state index contributed by atoms with van der Waals surface area (Å²) < 4.78 is 0. The van der Waals surface area contributed by atoms with Gasteiger partial charge in [-0.1, -0.05) is 31.2 Å². The Balaban J connectivity index is 0.000000383. The molecule has 2 aromatic rings. The van der Waals surface area contributed by atoms with Gasteiger partial charge in [-0.25, -0.2) is 0 Å². The maximum Gasteiger partial charge on any atom is 0.303 e. The summed E-state index contributed by atoms with van der Waals surface area (Å²) in [7, 11) is 0. The molecule has 0 fully saturated rings. The zero-order valence-corrected chi connectivity index (χ0v) is 11.5. The summed E-state index contributed by atoms with van der Waals surface area (Å²) in [6.07, 6.45) is 0.222. The van der Waals surface area contributed by atoms with Gasteiger partial charge < -0.3 is 15.3 Å². The number of ketones is 1. The maximum absolute atomic E-state index is 12.0. The van der Waals surface area contributed by atoms with Crippen LogP contribution in [-0.4, -0.2) is 27.1 Å². The fourth-order valence-corrected chi connectivity index (χ4v) is 1.48. The van der Waals surface area contributed by atoms with Gasteiger partial charge in [0.2, 0.25) is 0 Å². The van der Waals surface area contributed by atoms with Crippen LogP contribution >= 0.6 is 0 Å². The number of benzene rings is 2. The number of rotatable bonds is 3. The van der Waals surface area contributed by atoms with E-state index >= 15 is 0 Å². The Morgan fingerprint density at radius 2 is 1.19 bits per heavy atom. The van der Waals surface area contributed by atoms with Gasteiger partial charge in [0.05, 0.1) is 11.1 Å². The second kappa shape index (κ2) is 7.69. The van der Waals surface area contributed by atoms with Gasteiger partial charge in [-0.15, -0.1) is 0 Å². The SMILES string of the molecule is CCC(=O)O.O=C(c1ccccc1O)c1ccccc1O. The molecule has 0 aromatic heterocycles. The van der Waals surface area contributed by atoms with Gasteiger partial charge >= 0.3 is 5.97 Å². The van der Waals surface area contributed by atoms with Crippen molar-refractivity contribution in [1.82, 2.24) is 0 Å². The van der Waals surface area contributed by atoms with Crippen LogP contribution in [0.1, 0.15) is 29.3 Å². The molecule has 0 radical (unpaired) electrons. The molecular formula is C16H16O5. The number of phenols is 2. The topological polar surface area (TPSA) is 94.8 Å². The number of hydrogen-bond donors (Lipinski definition) is 3. The molecular weight excluding hydrogens is 272 g/mol. The molecule has 0 aliphatic carbocycles. The van der Waals surface area contributed by atoms with Crippen LogP contribution in [0.25, 0.3) is 0 Å². The molecule has 0 aliphatic heterocycles. The van der Waals surface area contributed by atoms with E-state index in [0.29, 0.717) is 0 Å². The number of hydrogen-bond acceptors (Lipinski definition) is 4. The fraction of sp³-hybridized carbons (Fsp3) is 0.125. The molecule has 0 saturated heterocycles. The van der Waals surface area contributed by atoms with Crippen molar-refractivity contribution in [2.45, 2.75) is 13.3 Å². The highest BCUT2D eigenvalue weighted by molar-refractivity contribution is 6.12. The van der Waals surface area contributed by atoms with Crippen LogP contribution in [0.3, 0.4) is 0 Å². The third-order valence-electron chi connectivity index (χ3n) is 2.60. The van der Waals surface area contributed by atoms with Crippen LogP contribution in [0.15, 0.2) is 48.5 Å². The van der Waals surface area contributed by atoms with E-state index in [0.717, 1.165) is 0 Å². The van der Waals surface area contributed by atoms with Crippen LogP contribution in [0.4, 0.5) is 0 Å². The van der Waals surface area contributed by atoms with Crippen molar-refractivity contribution in [2.75, 3.05) is 0 Å². The Labute approximate surface area is 122 Å². The van der Waals surface area contributed by atoms with Gasteiger partial charge in [0.15, 0.2) is 5.78 Å². The van der Waals surface area contributed by atoms with Crippen molar-refractivity contribution in [1.29, 1.82) is 0 Å². The van der Waals surface area contributed by atoms with Gasteiger partial charge in [-0.2, -0.15) is 0 Å². The summed E-state index contributed by atoms with van der Waals surface area (Å²) in [5, 5.41) is 26.8. The van der Waals surface area contributed by atoms with Crippen LogP contribution in [0, 0.1) is 0 Å². The van der Waals surface area contributed by atoms with E-state index in [1.807, 2.05) is 0 Å². The Hall–Kier alpha value is -2.82. The number of carboxylic acid groups (broad SMARTS) is 1. The van der Waals surface area contributed by atoms with Crippen molar-refractivity contribution in [3.8, 4) is 11.5 Å². The highest BCUT2D eigenvalue weighted by atomic mass is 16.4. The number of carbonyl (C=O) groups is 2. The van der Waals surface area contributed by atoms with Gasteiger partial charge in [0.25, 0.3) is 0 Å². The number of aliphatic carboxylic acids is 1. The Kier molecular flexibility index (Phi) is 5.95. The number of para-hydroxylation sites is 2. The van der Waals surface area contributed by atoms with Crippen LogP contribution in [0.5, 0.6) is 11.5 Å². The molecule has 5 heteroatoms. The standard InChI is InChI=1S/C13H10O3.C3H6O2/c14-11-7-3-1-5-9(11)13(16)10-6-2-4-8-12(10)15;1-2-3(4)5/h1-8,14-15H;2H2,1H3,(H,4,5). The zero-order valence-electron chi connectivity index (χ0n) is 11.5. The van der Waals surface area contributed by atoms with Crippen LogP contribution in [0.2, 0.25) is 0 Å². The van der Waals surface area contributed by atoms with Crippen molar-refractivity contribution < 1.29 is 24.9 Å². The van der Waals surface area contributed by atoms with Gasteiger partial charge in [0.1, 0.15) is 11.5 Å². The third kappa shape index (κ3) is 4.65. The van der Waals surface area contributed by atoms with E-state index in [4.69, 9.17) is 5.11 Å². The van der Waals surface area contributed by atoms with Crippen LogP contribution in [-0.2, 0) is 4.79 Å². The van der Waals surface area contributed by atoms with Crippen LogP contribution < -0.4 is 0 Å². The number of phenolic OH excluding ortho intramolecular Hbond substituents is 2. The van der Waals surface area contributed by atoms with E-state index in [-0.39, 0.29) is 29.0 Å². The lowest BCUT2D eigenvalue weighted by molar-refractivity contribution is -0.136. The highest BCUT2D eigenvalue weighted by Crippen LogP contribution is 2.24. The first-order valence-corrected chi connectivity index (χ1v) is 6.29. The lowest BCUT2D eigenvalue weighted by atomic mass is 10.0. The molecule has 0 amide bonds. The van der Waals surface area contributed by atoms with E-state index in [2.05, 4.69) is 0 Å². The monoisotopic (exact) mass is 288 g/mol. The van der Waals surface area contributed by atoms with E-state index in [9.17, 15) is 19.8 Å². The average molecular weight is 288 g/mol. The predicted octanol–water partition coefficient (Wildman–Crippen LogP) is 2.81. The smallest absolute Gasteiger partial charge is 0.303 e. The Morgan fingerprint density at radius 1 is 0.857 bits per heavy atom. The average Bonchev–Trinajstić information content (AvgIpc) is 2.48. The molecule has 5 nitrogen and oxygen atoms in total. The number of carbonyl (C=O) groups excluding carboxylic acids is 1. The van der Waals surface area contributed by atoms with Gasteiger partial charge in [-0.3, -0.25) is 9.59 Å². The molecule has 21 heavy (non-hydrogen) atoms. The largest absolute Gasteiger partial charge is 0.507 e. The highest BCUT2D eigenvalue weighted by Gasteiger charge is 2.15. The first-order valence-electron chi connectivity index (χ1n) is 6.29. The second-order valence-electron chi connectivity index (χ2n) is 4.11. The lowest BCUT2D eigenvalue weighted by Crippen LogP contribution is -2.01. The summed E-state index contributed by atoms with van der Waals surface area (Å²) >= 11 is 0. The molecule has 3 N–H and O–H groups in total. The second-order valence-corrected chi connectivity index (χ2v) is 4.11. The summed E-state index contributed by atoms with van der Waals surface area (Å²) in [6, 6.07) is 12.5. The quantitative estimate of drug-likeness (QED) is 0.755. The number of carboxylic acids is 1. The minimum Gasteiger partial charge on any atom is -0.507 e. The summed E-state index contributed by atoms with van der Waals surface area (Å²) in [5.74, 6) is -1.31. The first kappa shape index (κ1) is 16.2. The molecule has 0 spiro atoms. The molecule has 0 aliphatic rings. The molecule has 0 atom stereocenters. The summed E-state index contributed by atoms with van der Waals surface area (Å²) in [5.41, 5.74) is 0.369. The minimum absolute atomic E-state index is 0.0873. The summed E-state index contributed by atoms with van der Waals surface area (Å²) in [6.45, 7) is 1.60. The van der Waals surface area contributed by atoms with E-state index < -0.39 is 11.8 Å². The molecule has 0 bridgehead atoms. The van der Waals surface area contributed by atoms with E-state index in [1.54, 1.807) is 31.2 Å². The first-order chi connectivity index (χ1) is 9.97. The molecule has 2 rings (SSSR count).